The zero-order valence-corrected chi connectivity index (χ0v) is 4.05. The number of hydrogen-bond donors (Lipinski definition) is 1. The van der Waals surface area contributed by atoms with E-state index in [-0.39, 0.29) is 12.3 Å². The maximum absolute atomic E-state index is 10.3. The minimum atomic E-state index is -0.568. The molecule has 8 heavy (non-hydrogen) atoms. The summed E-state index contributed by atoms with van der Waals surface area (Å²) in [5, 5.41) is 2.00. The van der Waals surface area contributed by atoms with Crippen LogP contribution in [0.15, 0.2) is 4.99 Å². The van der Waals surface area contributed by atoms with Gasteiger partial charge in [0.25, 0.3) is 0 Å². The van der Waals surface area contributed by atoms with Gasteiger partial charge >= 0.3 is 6.03 Å². The zero-order valence-electron chi connectivity index (χ0n) is 4.05. The predicted octanol–water partition coefficient (Wildman–Crippen LogP) is -0.303. The van der Waals surface area contributed by atoms with Crippen LogP contribution in [0.5, 0.6) is 0 Å². The van der Waals surface area contributed by atoms with Crippen molar-refractivity contribution in [2.45, 2.75) is 6.42 Å². The molecule has 0 spiro atoms. The second-order valence-corrected chi connectivity index (χ2v) is 1.37. The maximum Gasteiger partial charge on any atom is 0.347 e. The smallest absolute Gasteiger partial charge is 0.276 e. The third kappa shape index (κ3) is 0.900. The first kappa shape index (κ1) is 4.96. The molecule has 1 aliphatic heterocycles. The highest BCUT2D eigenvalue weighted by atomic mass is 16.2. The van der Waals surface area contributed by atoms with Crippen LogP contribution in [0.2, 0.25) is 0 Å². The lowest BCUT2D eigenvalue weighted by molar-refractivity contribution is -0.118. The zero-order chi connectivity index (χ0) is 5.98. The number of nitrogens with one attached hydrogen (secondary N) is 1. The summed E-state index contributed by atoms with van der Waals surface area (Å²) in [7, 11) is 0. The Balaban J connectivity index is 2.68. The number of imide groups is 1. The molecule has 0 aromatic rings. The molecule has 1 rings (SSSR count). The first-order chi connectivity index (χ1) is 3.79. The average Bonchev–Trinajstić information content (AvgIpc) is 1.64. The van der Waals surface area contributed by atoms with Crippen LogP contribution in [0.25, 0.3) is 0 Å². The van der Waals surface area contributed by atoms with Gasteiger partial charge in [0, 0.05) is 6.21 Å². The molecular weight excluding hydrogens is 108 g/mol. The Hall–Kier alpha value is -1.19. The first-order valence-corrected chi connectivity index (χ1v) is 2.15. The molecule has 42 valence electrons. The summed E-state index contributed by atoms with van der Waals surface area (Å²) in [6.45, 7) is 0. The number of nitrogens with zero attached hydrogens (tertiary/aromatic N) is 1. The second kappa shape index (κ2) is 1.73. The number of urea groups is 1. The highest BCUT2D eigenvalue weighted by Gasteiger charge is 2.07. The predicted molar refractivity (Wildman–Crippen MR) is 26.6 cm³/mol. The summed E-state index contributed by atoms with van der Waals surface area (Å²) in [5.41, 5.74) is 0. The van der Waals surface area contributed by atoms with Crippen LogP contribution in [-0.2, 0) is 4.79 Å². The van der Waals surface area contributed by atoms with Gasteiger partial charge in [0.2, 0.25) is 5.91 Å². The van der Waals surface area contributed by atoms with Gasteiger partial charge in [-0.25, -0.2) is 9.79 Å². The van der Waals surface area contributed by atoms with E-state index in [0.717, 1.165) is 0 Å². The van der Waals surface area contributed by atoms with E-state index in [4.69, 9.17) is 0 Å². The van der Waals surface area contributed by atoms with Crippen LogP contribution < -0.4 is 5.32 Å². The van der Waals surface area contributed by atoms with E-state index in [1.807, 2.05) is 5.32 Å². The molecular formula is C4H4N2O2. The summed E-state index contributed by atoms with van der Waals surface area (Å²) >= 11 is 0. The Bertz CT molecular complexity index is 161. The fourth-order valence-electron chi connectivity index (χ4n) is 0.414. The summed E-state index contributed by atoms with van der Waals surface area (Å²) in [4.78, 5) is 23.7. The van der Waals surface area contributed by atoms with Gasteiger partial charge in [-0.05, 0) is 0 Å². The minimum Gasteiger partial charge on any atom is -0.276 e. The van der Waals surface area contributed by atoms with Gasteiger partial charge in [0.15, 0.2) is 0 Å². The highest BCUT2D eigenvalue weighted by Crippen LogP contribution is 1.84. The molecule has 0 atom stereocenters. The molecule has 1 heterocycles. The number of carbonyl (C=O) groups is 2. The summed E-state index contributed by atoms with van der Waals surface area (Å²) in [6, 6.07) is -0.568. The lowest BCUT2D eigenvalue weighted by Gasteiger charge is -1.99. The van der Waals surface area contributed by atoms with Gasteiger partial charge in [-0.2, -0.15) is 0 Å². The molecule has 4 nitrogen and oxygen atoms in total. The molecule has 0 aromatic heterocycles. The van der Waals surface area contributed by atoms with E-state index in [9.17, 15) is 9.59 Å². The van der Waals surface area contributed by atoms with Gasteiger partial charge in [0.1, 0.15) is 0 Å². The Morgan fingerprint density at radius 3 is 2.75 bits per heavy atom. The lowest BCUT2D eigenvalue weighted by Crippen LogP contribution is -2.31. The lowest BCUT2D eigenvalue weighted by atomic mass is 10.4. The molecule has 0 fully saturated rings. The van der Waals surface area contributed by atoms with Gasteiger partial charge in [-0.15, -0.1) is 0 Å². The third-order valence-electron chi connectivity index (χ3n) is 0.732. The first-order valence-electron chi connectivity index (χ1n) is 2.15. The van der Waals surface area contributed by atoms with Crippen molar-refractivity contribution in [3.8, 4) is 0 Å². The highest BCUT2D eigenvalue weighted by molar-refractivity contribution is 6.07. The number of hydrogen-bond acceptors (Lipinski definition) is 2. The van der Waals surface area contributed by atoms with E-state index in [0.29, 0.717) is 0 Å². The molecule has 1 aliphatic rings. The van der Waals surface area contributed by atoms with Crippen molar-refractivity contribution in [2.24, 2.45) is 4.99 Å². The van der Waals surface area contributed by atoms with Gasteiger partial charge in [0.05, 0.1) is 6.42 Å². The average molecular weight is 112 g/mol. The topological polar surface area (TPSA) is 58.5 Å². The second-order valence-electron chi connectivity index (χ2n) is 1.37. The van der Waals surface area contributed by atoms with Crippen molar-refractivity contribution >= 4 is 18.2 Å². The van der Waals surface area contributed by atoms with Crippen molar-refractivity contribution < 1.29 is 9.59 Å². The number of aliphatic imine (C=N–C) groups is 1. The standard InChI is InChI=1S/C4H4N2O2/c7-3-1-2-5-4(8)6-3/h2H,1H2,(H,6,7,8). The van der Waals surface area contributed by atoms with Crippen molar-refractivity contribution in [3.63, 3.8) is 0 Å². The van der Waals surface area contributed by atoms with Crippen LogP contribution in [0.4, 0.5) is 4.79 Å². The molecule has 3 amide bonds. The summed E-state index contributed by atoms with van der Waals surface area (Å²) in [6.07, 6.45) is 1.51. The normalized spacial score (nSPS) is 18.5. The Kier molecular flexibility index (Phi) is 1.07. The summed E-state index contributed by atoms with van der Waals surface area (Å²) < 4.78 is 0. The van der Waals surface area contributed by atoms with Crippen LogP contribution in [-0.4, -0.2) is 18.2 Å². The minimum absolute atomic E-state index is 0.214. The number of rotatable bonds is 0. The van der Waals surface area contributed by atoms with Crippen LogP contribution >= 0.6 is 0 Å². The van der Waals surface area contributed by atoms with Gasteiger partial charge < -0.3 is 0 Å². The fraction of sp³-hybridized carbons (Fsp3) is 0.250. The van der Waals surface area contributed by atoms with Crippen LogP contribution in [0.3, 0.4) is 0 Å². The Labute approximate surface area is 45.6 Å². The summed E-state index contributed by atoms with van der Waals surface area (Å²) in [5.74, 6) is -0.287. The van der Waals surface area contributed by atoms with Crippen molar-refractivity contribution in [1.82, 2.24) is 5.32 Å². The van der Waals surface area contributed by atoms with E-state index < -0.39 is 6.03 Å². The number of amides is 3. The van der Waals surface area contributed by atoms with Crippen molar-refractivity contribution in [1.29, 1.82) is 0 Å². The fourth-order valence-corrected chi connectivity index (χ4v) is 0.414. The van der Waals surface area contributed by atoms with E-state index in [2.05, 4.69) is 4.99 Å². The Morgan fingerprint density at radius 1 is 1.62 bits per heavy atom. The van der Waals surface area contributed by atoms with E-state index in [1.165, 1.54) is 6.21 Å². The third-order valence-corrected chi connectivity index (χ3v) is 0.732. The van der Waals surface area contributed by atoms with Crippen molar-refractivity contribution in [3.05, 3.63) is 0 Å². The quantitative estimate of drug-likeness (QED) is 0.467. The maximum atomic E-state index is 10.3. The van der Waals surface area contributed by atoms with E-state index in [1.54, 1.807) is 0 Å². The molecule has 0 bridgehead atoms. The van der Waals surface area contributed by atoms with E-state index >= 15 is 0 Å². The van der Waals surface area contributed by atoms with Crippen LogP contribution in [0, 0.1) is 0 Å². The largest absolute Gasteiger partial charge is 0.347 e. The van der Waals surface area contributed by atoms with Crippen molar-refractivity contribution in [2.75, 3.05) is 0 Å². The van der Waals surface area contributed by atoms with Crippen LogP contribution in [0.1, 0.15) is 6.42 Å². The monoisotopic (exact) mass is 112 g/mol. The molecule has 0 unspecified atom stereocenters. The SMILES string of the molecule is O=C1CC=NC(=O)N1. The molecule has 0 aliphatic carbocycles. The molecule has 0 aromatic carbocycles. The Morgan fingerprint density at radius 2 is 2.38 bits per heavy atom. The molecule has 0 saturated carbocycles. The molecule has 0 saturated heterocycles. The number of carbonyl (C=O) groups excluding carboxylic acids is 2. The van der Waals surface area contributed by atoms with Gasteiger partial charge in [-0.3, -0.25) is 10.1 Å². The molecule has 1 N–H and O–H groups in total. The molecule has 4 heteroatoms. The van der Waals surface area contributed by atoms with Gasteiger partial charge in [-0.1, -0.05) is 0 Å². The molecule has 0 radical (unpaired) electrons.